The van der Waals surface area contributed by atoms with Crippen LogP contribution in [-0.2, 0) is 6.54 Å². The molecule has 0 spiro atoms. The first-order valence-corrected chi connectivity index (χ1v) is 6.22. The van der Waals surface area contributed by atoms with Gasteiger partial charge in [-0.3, -0.25) is 14.8 Å². The average Bonchev–Trinajstić information content (AvgIpc) is 2.84. The van der Waals surface area contributed by atoms with Crippen LogP contribution in [0, 0.1) is 10.1 Å². The van der Waals surface area contributed by atoms with Crippen LogP contribution in [0.15, 0.2) is 30.6 Å². The zero-order valence-corrected chi connectivity index (χ0v) is 11.4. The number of aryl methyl sites for hydroxylation is 1. The van der Waals surface area contributed by atoms with E-state index in [1.165, 1.54) is 12.1 Å². The van der Waals surface area contributed by atoms with Crippen molar-refractivity contribution in [2.75, 3.05) is 0 Å². The number of benzene rings is 1. The molecule has 0 amide bonds. The van der Waals surface area contributed by atoms with Gasteiger partial charge < -0.3 is 5.11 Å². The van der Waals surface area contributed by atoms with Crippen LogP contribution in [0.25, 0.3) is 11.4 Å². The molecule has 0 aliphatic carbocycles. The van der Waals surface area contributed by atoms with Crippen molar-refractivity contribution in [3.8, 4) is 11.4 Å². The third-order valence-corrected chi connectivity index (χ3v) is 2.83. The lowest BCUT2D eigenvalue weighted by Crippen LogP contribution is -2.21. The molecule has 0 saturated carbocycles. The van der Waals surface area contributed by atoms with E-state index < -0.39 is 10.5 Å². The minimum absolute atomic E-state index is 0.0372. The van der Waals surface area contributed by atoms with Crippen LogP contribution < -0.4 is 0 Å². The molecule has 0 atom stereocenters. The summed E-state index contributed by atoms with van der Waals surface area (Å²) in [6, 6.07) is 6.08. The Bertz CT molecular complexity index is 599. The molecule has 0 unspecified atom stereocenters. The highest BCUT2D eigenvalue weighted by molar-refractivity contribution is 5.56. The first-order valence-electron chi connectivity index (χ1n) is 6.22. The number of nitro groups is 1. The molecule has 0 aliphatic rings. The molecule has 2 aromatic rings. The fraction of sp³-hybridized carbons (Fsp3) is 0.385. The number of nitrogens with zero attached hydrogens (tertiary/aromatic N) is 4. The Kier molecular flexibility index (Phi) is 3.80. The summed E-state index contributed by atoms with van der Waals surface area (Å²) in [5.41, 5.74) is 0.00672. The molecule has 2 rings (SSSR count). The number of aromatic nitrogens is 3. The van der Waals surface area contributed by atoms with Crippen LogP contribution in [0.4, 0.5) is 5.69 Å². The second-order valence-corrected chi connectivity index (χ2v) is 5.20. The molecule has 106 valence electrons. The number of hydrogen-bond acceptors (Lipinski definition) is 5. The van der Waals surface area contributed by atoms with Crippen molar-refractivity contribution in [3.05, 3.63) is 40.7 Å². The molecule has 0 bridgehead atoms. The minimum Gasteiger partial charge on any atom is -0.390 e. The van der Waals surface area contributed by atoms with Gasteiger partial charge in [-0.2, -0.15) is 5.10 Å². The van der Waals surface area contributed by atoms with Gasteiger partial charge >= 0.3 is 0 Å². The van der Waals surface area contributed by atoms with Gasteiger partial charge in [0.05, 0.1) is 10.5 Å². The molecule has 0 aliphatic heterocycles. The van der Waals surface area contributed by atoms with Gasteiger partial charge in [-0.05, 0) is 32.4 Å². The molecular weight excluding hydrogens is 260 g/mol. The third kappa shape index (κ3) is 3.61. The second kappa shape index (κ2) is 5.38. The first-order chi connectivity index (χ1) is 9.35. The fourth-order valence-corrected chi connectivity index (χ4v) is 1.66. The van der Waals surface area contributed by atoms with E-state index in [1.54, 1.807) is 37.0 Å². The molecule has 1 heterocycles. The molecule has 1 N–H and O–H groups in total. The monoisotopic (exact) mass is 276 g/mol. The molecule has 0 saturated heterocycles. The van der Waals surface area contributed by atoms with Crippen molar-refractivity contribution >= 4 is 5.69 Å². The first kappa shape index (κ1) is 14.1. The van der Waals surface area contributed by atoms with Gasteiger partial charge in [-0.1, -0.05) is 0 Å². The van der Waals surface area contributed by atoms with E-state index in [9.17, 15) is 15.2 Å². The van der Waals surface area contributed by atoms with E-state index in [-0.39, 0.29) is 5.69 Å². The number of aliphatic hydroxyl groups is 1. The summed E-state index contributed by atoms with van der Waals surface area (Å²) in [7, 11) is 0. The lowest BCUT2D eigenvalue weighted by Gasteiger charge is -2.15. The SMILES string of the molecule is CC(C)(O)CCn1cnc(-c2ccc([N+](=O)[O-])cc2)n1. The van der Waals surface area contributed by atoms with Gasteiger partial charge in [-0.25, -0.2) is 4.98 Å². The normalized spacial score (nSPS) is 11.6. The van der Waals surface area contributed by atoms with Crippen LogP contribution in [0.1, 0.15) is 20.3 Å². The Morgan fingerprint density at radius 1 is 1.35 bits per heavy atom. The standard InChI is InChI=1S/C13H16N4O3/c1-13(2,18)7-8-16-9-14-12(15-16)10-3-5-11(6-4-10)17(19)20/h3-6,9,18H,7-8H2,1-2H3. The molecule has 0 fully saturated rings. The average molecular weight is 276 g/mol. The molecule has 7 nitrogen and oxygen atoms in total. The summed E-state index contributed by atoms with van der Waals surface area (Å²) in [5, 5.41) is 24.5. The van der Waals surface area contributed by atoms with E-state index in [4.69, 9.17) is 0 Å². The zero-order chi connectivity index (χ0) is 14.8. The summed E-state index contributed by atoms with van der Waals surface area (Å²) in [4.78, 5) is 14.3. The Labute approximate surface area is 116 Å². The van der Waals surface area contributed by atoms with Gasteiger partial charge in [0, 0.05) is 24.2 Å². The number of non-ortho nitro benzene ring substituents is 1. The topological polar surface area (TPSA) is 94.1 Å². The Balaban J connectivity index is 2.10. The van der Waals surface area contributed by atoms with Gasteiger partial charge in [-0.15, -0.1) is 0 Å². The van der Waals surface area contributed by atoms with E-state index in [0.717, 1.165) is 5.56 Å². The van der Waals surface area contributed by atoms with Gasteiger partial charge in [0.25, 0.3) is 5.69 Å². The predicted octanol–water partition coefficient (Wildman–Crippen LogP) is 2.01. The fourth-order valence-electron chi connectivity index (χ4n) is 1.66. The van der Waals surface area contributed by atoms with E-state index in [2.05, 4.69) is 10.1 Å². The number of rotatable bonds is 5. The molecular formula is C13H16N4O3. The van der Waals surface area contributed by atoms with Crippen LogP contribution in [-0.4, -0.2) is 30.4 Å². The summed E-state index contributed by atoms with van der Waals surface area (Å²) < 4.78 is 1.65. The maximum atomic E-state index is 10.6. The molecule has 7 heteroatoms. The quantitative estimate of drug-likeness (QED) is 0.666. The van der Waals surface area contributed by atoms with E-state index >= 15 is 0 Å². The van der Waals surface area contributed by atoms with Crippen molar-refractivity contribution < 1.29 is 10.0 Å². The van der Waals surface area contributed by atoms with Crippen LogP contribution >= 0.6 is 0 Å². The van der Waals surface area contributed by atoms with Crippen molar-refractivity contribution in [3.63, 3.8) is 0 Å². The summed E-state index contributed by atoms with van der Waals surface area (Å²) in [6.45, 7) is 4.03. The molecule has 20 heavy (non-hydrogen) atoms. The van der Waals surface area contributed by atoms with Gasteiger partial charge in [0.2, 0.25) is 0 Å². The van der Waals surface area contributed by atoms with E-state index in [1.807, 2.05) is 0 Å². The van der Waals surface area contributed by atoms with Crippen molar-refractivity contribution in [1.82, 2.24) is 14.8 Å². The van der Waals surface area contributed by atoms with Gasteiger partial charge in [0.1, 0.15) is 6.33 Å². The minimum atomic E-state index is -0.751. The van der Waals surface area contributed by atoms with Crippen molar-refractivity contribution in [2.45, 2.75) is 32.4 Å². The van der Waals surface area contributed by atoms with Gasteiger partial charge in [0.15, 0.2) is 5.82 Å². The highest BCUT2D eigenvalue weighted by Gasteiger charge is 2.13. The Hall–Kier alpha value is -2.28. The molecule has 1 aromatic heterocycles. The predicted molar refractivity (Wildman–Crippen MR) is 73.0 cm³/mol. The Morgan fingerprint density at radius 2 is 2.00 bits per heavy atom. The Morgan fingerprint density at radius 3 is 2.55 bits per heavy atom. The summed E-state index contributed by atoms with van der Waals surface area (Å²) >= 11 is 0. The highest BCUT2D eigenvalue weighted by atomic mass is 16.6. The molecule has 0 radical (unpaired) electrons. The maximum Gasteiger partial charge on any atom is 0.269 e. The van der Waals surface area contributed by atoms with Crippen LogP contribution in [0.5, 0.6) is 0 Å². The number of nitro benzene ring substituents is 1. The highest BCUT2D eigenvalue weighted by Crippen LogP contribution is 2.19. The zero-order valence-electron chi connectivity index (χ0n) is 11.4. The smallest absolute Gasteiger partial charge is 0.269 e. The molecule has 1 aromatic carbocycles. The third-order valence-electron chi connectivity index (χ3n) is 2.83. The lowest BCUT2D eigenvalue weighted by molar-refractivity contribution is -0.384. The van der Waals surface area contributed by atoms with Crippen LogP contribution in [0.3, 0.4) is 0 Å². The second-order valence-electron chi connectivity index (χ2n) is 5.20. The lowest BCUT2D eigenvalue weighted by atomic mass is 10.1. The van der Waals surface area contributed by atoms with Crippen LogP contribution in [0.2, 0.25) is 0 Å². The summed E-state index contributed by atoms with van der Waals surface area (Å²) in [6.07, 6.45) is 2.15. The van der Waals surface area contributed by atoms with E-state index in [0.29, 0.717) is 18.8 Å². The maximum absolute atomic E-state index is 10.6. The summed E-state index contributed by atoms with van der Waals surface area (Å²) in [5.74, 6) is 0.510. The van der Waals surface area contributed by atoms with Crippen molar-refractivity contribution in [1.29, 1.82) is 0 Å². The van der Waals surface area contributed by atoms with Crippen molar-refractivity contribution in [2.24, 2.45) is 0 Å². The number of hydrogen-bond donors (Lipinski definition) is 1. The largest absolute Gasteiger partial charge is 0.390 e.